The van der Waals surface area contributed by atoms with E-state index in [9.17, 15) is 43.9 Å². The van der Waals surface area contributed by atoms with Gasteiger partial charge in [0.2, 0.25) is 15.9 Å². The van der Waals surface area contributed by atoms with E-state index in [0.29, 0.717) is 6.42 Å². The number of amides is 1. The van der Waals surface area contributed by atoms with E-state index >= 15 is 0 Å². The highest BCUT2D eigenvalue weighted by molar-refractivity contribution is 7.89. The summed E-state index contributed by atoms with van der Waals surface area (Å²) in [5, 5.41) is 6.62. The quantitative estimate of drug-likeness (QED) is 0.473. The summed E-state index contributed by atoms with van der Waals surface area (Å²) in [7, 11) is -2.65. The molecule has 7 nitrogen and oxygen atoms in total. The number of carbonyl (C=O) groups is 1. The number of rotatable bonds is 6. The van der Waals surface area contributed by atoms with Gasteiger partial charge in [-0.15, -0.1) is 0 Å². The predicted molar refractivity (Wildman–Crippen MR) is 117 cm³/mol. The van der Waals surface area contributed by atoms with Crippen LogP contribution in [-0.4, -0.2) is 69.6 Å². The Bertz CT molecular complexity index is 901. The van der Waals surface area contributed by atoms with E-state index in [1.165, 1.54) is 7.11 Å². The van der Waals surface area contributed by atoms with Crippen LogP contribution in [0.2, 0.25) is 0 Å². The summed E-state index contributed by atoms with van der Waals surface area (Å²) in [6.07, 6.45) is -16.6. The molecule has 9 unspecified atom stereocenters. The van der Waals surface area contributed by atoms with Crippen molar-refractivity contribution < 1.29 is 53.4 Å². The maximum atomic E-state index is 14.4. The van der Waals surface area contributed by atoms with Crippen LogP contribution in [0.15, 0.2) is 0 Å². The number of alkyl halides is 7. The second-order valence-corrected chi connectivity index (χ2v) is 12.2. The summed E-state index contributed by atoms with van der Waals surface area (Å²) in [5.41, 5.74) is 0. The summed E-state index contributed by atoms with van der Waals surface area (Å²) in [5.74, 6) is -8.17. The minimum absolute atomic E-state index is 0.116. The fraction of sp³-hybridized carbons (Fsp3) is 0.955. The van der Waals surface area contributed by atoms with Crippen molar-refractivity contribution >= 4 is 15.9 Å². The fourth-order valence-electron chi connectivity index (χ4n) is 5.89. The lowest BCUT2D eigenvalue weighted by atomic mass is 9.70. The Labute approximate surface area is 211 Å². The number of ether oxygens (including phenoxy) is 2. The first-order chi connectivity index (χ1) is 17.0. The monoisotopic (exact) mass is 570 g/mol. The van der Waals surface area contributed by atoms with Gasteiger partial charge in [-0.05, 0) is 44.9 Å². The molecule has 0 aromatic rings. The van der Waals surface area contributed by atoms with Gasteiger partial charge >= 0.3 is 12.4 Å². The van der Waals surface area contributed by atoms with Crippen LogP contribution in [0.4, 0.5) is 30.7 Å². The molecular formula is C22H33F7N2O5S. The SMILES string of the molecule is COC1CCC(OC2CC(C(F)(F)F)CC(C(F)(F)F)C2C(=O)NC2CCCC(S(N)(=O)=O)C2)CC1F. The second kappa shape index (κ2) is 11.5. The van der Waals surface area contributed by atoms with Crippen LogP contribution >= 0.6 is 0 Å². The summed E-state index contributed by atoms with van der Waals surface area (Å²) >= 11 is 0. The Morgan fingerprint density at radius 3 is 2.14 bits per heavy atom. The molecule has 3 saturated carbocycles. The molecule has 216 valence electrons. The maximum absolute atomic E-state index is 14.4. The molecule has 0 bridgehead atoms. The van der Waals surface area contributed by atoms with Crippen LogP contribution in [0, 0.1) is 17.8 Å². The number of primary sulfonamides is 1. The highest BCUT2D eigenvalue weighted by atomic mass is 32.2. The van der Waals surface area contributed by atoms with Gasteiger partial charge in [-0.2, -0.15) is 26.3 Å². The van der Waals surface area contributed by atoms with Crippen molar-refractivity contribution in [3.63, 3.8) is 0 Å². The van der Waals surface area contributed by atoms with E-state index < -0.39 is 94.7 Å². The molecule has 0 saturated heterocycles. The minimum atomic E-state index is -5.14. The van der Waals surface area contributed by atoms with Crippen LogP contribution in [0.3, 0.4) is 0 Å². The van der Waals surface area contributed by atoms with E-state index in [4.69, 9.17) is 14.6 Å². The number of nitrogens with two attached hydrogens (primary N) is 1. The smallest absolute Gasteiger partial charge is 0.378 e. The molecule has 0 spiro atoms. The third-order valence-corrected chi connectivity index (χ3v) is 9.20. The van der Waals surface area contributed by atoms with Crippen molar-refractivity contribution in [3.05, 3.63) is 0 Å². The molecule has 3 rings (SSSR count). The minimum Gasteiger partial charge on any atom is -0.378 e. The van der Waals surface area contributed by atoms with Crippen LogP contribution in [-0.2, 0) is 24.3 Å². The Morgan fingerprint density at radius 1 is 0.919 bits per heavy atom. The highest BCUT2D eigenvalue weighted by Crippen LogP contribution is 2.50. The van der Waals surface area contributed by atoms with Crippen molar-refractivity contribution in [1.29, 1.82) is 0 Å². The molecule has 0 aliphatic heterocycles. The largest absolute Gasteiger partial charge is 0.392 e. The summed E-state index contributed by atoms with van der Waals surface area (Å²) in [4.78, 5) is 13.2. The van der Waals surface area contributed by atoms with Crippen LogP contribution in [0.25, 0.3) is 0 Å². The number of hydrogen-bond donors (Lipinski definition) is 2. The number of carbonyl (C=O) groups excluding carboxylic acids is 1. The fourth-order valence-corrected chi connectivity index (χ4v) is 6.89. The number of halogens is 7. The van der Waals surface area contributed by atoms with E-state index in [1.54, 1.807) is 0 Å². The van der Waals surface area contributed by atoms with Gasteiger partial charge in [-0.1, -0.05) is 6.42 Å². The Morgan fingerprint density at radius 2 is 1.59 bits per heavy atom. The van der Waals surface area contributed by atoms with Gasteiger partial charge in [0, 0.05) is 19.6 Å². The molecule has 0 radical (unpaired) electrons. The van der Waals surface area contributed by atoms with Gasteiger partial charge in [-0.25, -0.2) is 17.9 Å². The number of nitrogens with one attached hydrogen (secondary N) is 1. The van der Waals surface area contributed by atoms with E-state index in [0.717, 1.165) is 0 Å². The number of sulfonamides is 1. The molecule has 3 aliphatic carbocycles. The number of methoxy groups -OCH3 is 1. The lowest BCUT2D eigenvalue weighted by molar-refractivity contribution is -0.256. The van der Waals surface area contributed by atoms with E-state index in [-0.39, 0.29) is 38.5 Å². The first-order valence-corrected chi connectivity index (χ1v) is 13.9. The summed E-state index contributed by atoms with van der Waals surface area (Å²) in [6.45, 7) is 0. The zero-order valence-electron chi connectivity index (χ0n) is 20.2. The zero-order chi connectivity index (χ0) is 27.8. The third-order valence-electron chi connectivity index (χ3n) is 7.85. The predicted octanol–water partition coefficient (Wildman–Crippen LogP) is 3.76. The van der Waals surface area contributed by atoms with Crippen LogP contribution in [0.5, 0.6) is 0 Å². The first-order valence-electron chi connectivity index (χ1n) is 12.3. The number of hydrogen-bond acceptors (Lipinski definition) is 5. The molecule has 0 aromatic carbocycles. The molecule has 3 fully saturated rings. The molecule has 9 atom stereocenters. The molecule has 1 amide bonds. The molecule has 0 heterocycles. The lowest BCUT2D eigenvalue weighted by Crippen LogP contribution is -2.56. The summed E-state index contributed by atoms with van der Waals surface area (Å²) < 4.78 is 131. The zero-order valence-corrected chi connectivity index (χ0v) is 21.0. The Hall–Kier alpha value is -1.19. The highest BCUT2D eigenvalue weighted by Gasteiger charge is 2.59. The average molecular weight is 571 g/mol. The Kier molecular flexibility index (Phi) is 9.44. The van der Waals surface area contributed by atoms with Gasteiger partial charge in [-0.3, -0.25) is 4.79 Å². The van der Waals surface area contributed by atoms with Gasteiger partial charge < -0.3 is 14.8 Å². The maximum Gasteiger partial charge on any atom is 0.392 e. The van der Waals surface area contributed by atoms with Gasteiger partial charge in [0.15, 0.2) is 0 Å². The van der Waals surface area contributed by atoms with Crippen molar-refractivity contribution in [3.8, 4) is 0 Å². The van der Waals surface area contributed by atoms with E-state index in [1.807, 2.05) is 0 Å². The Balaban J connectivity index is 1.85. The normalized spacial score (nSPS) is 38.2. The van der Waals surface area contributed by atoms with Crippen molar-refractivity contribution in [2.24, 2.45) is 22.9 Å². The molecule has 3 aliphatic rings. The van der Waals surface area contributed by atoms with Crippen molar-refractivity contribution in [2.75, 3.05) is 7.11 Å². The molecular weight excluding hydrogens is 537 g/mol. The van der Waals surface area contributed by atoms with Gasteiger partial charge in [0.1, 0.15) is 6.17 Å². The third kappa shape index (κ3) is 7.69. The van der Waals surface area contributed by atoms with Crippen LogP contribution in [0.1, 0.15) is 57.8 Å². The van der Waals surface area contributed by atoms with Gasteiger partial charge in [0.05, 0.1) is 41.3 Å². The molecule has 0 aromatic heterocycles. The second-order valence-electron chi connectivity index (χ2n) is 10.4. The summed E-state index contributed by atoms with van der Waals surface area (Å²) in [6, 6.07) is -0.813. The van der Waals surface area contributed by atoms with Gasteiger partial charge in [0.25, 0.3) is 0 Å². The average Bonchev–Trinajstić information content (AvgIpc) is 2.77. The molecule has 15 heteroatoms. The van der Waals surface area contributed by atoms with Crippen molar-refractivity contribution in [2.45, 2.75) is 106 Å². The standard InChI is InChI=1S/C22H33F7N2O5S/c1-35-17-6-5-13(10-16(17)23)36-18-8-11(21(24,25)26)7-15(22(27,28)29)19(18)20(32)31-12-3-2-4-14(9-12)37(30,33)34/h11-19H,2-10H2,1H3,(H,31,32)(H2,30,33,34). The van der Waals surface area contributed by atoms with E-state index in [2.05, 4.69) is 5.32 Å². The molecule has 3 N–H and O–H groups in total. The van der Waals surface area contributed by atoms with Crippen LogP contribution < -0.4 is 10.5 Å². The lowest BCUT2D eigenvalue weighted by Gasteiger charge is -2.44. The first kappa shape index (κ1) is 30.4. The molecule has 37 heavy (non-hydrogen) atoms. The topological polar surface area (TPSA) is 108 Å². The van der Waals surface area contributed by atoms with Crippen molar-refractivity contribution in [1.82, 2.24) is 5.32 Å².